The predicted octanol–water partition coefficient (Wildman–Crippen LogP) is -1.60. The van der Waals surface area contributed by atoms with E-state index in [2.05, 4.69) is 19.4 Å². The van der Waals surface area contributed by atoms with Gasteiger partial charge in [-0.15, -0.1) is 0 Å². The maximum absolute atomic E-state index is 11.4. The minimum absolute atomic E-state index is 0.0495. The molecule has 6 heteroatoms. The standard InChI is InChI=1S/C16H24N2O4/c1-18(2)11-12-22-14-6-4-3-5-13(14)9-10-17-15(19)7-8-16(20)21/h3-6H,7-12H2,1-2H3,(H,17,19)(H,20,21). The van der Waals surface area contributed by atoms with Gasteiger partial charge in [-0.05, 0) is 24.5 Å². The number of carboxylic acids is 1. The Morgan fingerprint density at radius 3 is 2.64 bits per heavy atom. The molecule has 0 unspecified atom stereocenters. The molecule has 0 atom stereocenters. The Balaban J connectivity index is 2.38. The van der Waals surface area contributed by atoms with E-state index in [9.17, 15) is 14.7 Å². The highest BCUT2D eigenvalue weighted by Crippen LogP contribution is 2.17. The molecule has 0 saturated heterocycles. The number of nitrogens with one attached hydrogen (secondary N) is 2. The van der Waals surface area contributed by atoms with Crippen molar-refractivity contribution in [2.75, 3.05) is 33.8 Å². The van der Waals surface area contributed by atoms with Crippen LogP contribution in [0.25, 0.3) is 0 Å². The first-order chi connectivity index (χ1) is 10.5. The van der Waals surface area contributed by atoms with Crippen LogP contribution in [0.4, 0.5) is 0 Å². The second kappa shape index (κ2) is 9.78. The van der Waals surface area contributed by atoms with Crippen molar-refractivity contribution in [3.63, 3.8) is 0 Å². The van der Waals surface area contributed by atoms with Crippen molar-refractivity contribution < 1.29 is 24.3 Å². The lowest BCUT2D eigenvalue weighted by Gasteiger charge is -2.13. The summed E-state index contributed by atoms with van der Waals surface area (Å²) in [6.07, 6.45) is 0.340. The SMILES string of the molecule is C[NH+](C)CCOc1ccccc1CCNC(=O)CCC(=O)[O-]. The van der Waals surface area contributed by atoms with Gasteiger partial charge in [-0.3, -0.25) is 4.79 Å². The van der Waals surface area contributed by atoms with Crippen LogP contribution >= 0.6 is 0 Å². The van der Waals surface area contributed by atoms with Crippen molar-refractivity contribution in [3.8, 4) is 5.75 Å². The Morgan fingerprint density at radius 1 is 1.23 bits per heavy atom. The number of benzene rings is 1. The van der Waals surface area contributed by atoms with E-state index in [1.165, 1.54) is 4.90 Å². The number of para-hydroxylation sites is 1. The molecule has 6 nitrogen and oxygen atoms in total. The van der Waals surface area contributed by atoms with Crippen molar-refractivity contribution in [3.05, 3.63) is 29.8 Å². The molecule has 22 heavy (non-hydrogen) atoms. The predicted molar refractivity (Wildman–Crippen MR) is 80.6 cm³/mol. The lowest BCUT2D eigenvalue weighted by atomic mass is 10.1. The number of aliphatic carboxylic acids is 1. The molecular formula is C16H24N2O4. The van der Waals surface area contributed by atoms with Gasteiger partial charge in [0.2, 0.25) is 5.91 Å². The van der Waals surface area contributed by atoms with Crippen molar-refractivity contribution in [2.24, 2.45) is 0 Å². The monoisotopic (exact) mass is 308 g/mol. The molecule has 0 aliphatic rings. The average Bonchev–Trinajstić information content (AvgIpc) is 2.46. The number of likely N-dealkylation sites (N-methyl/N-ethyl adjacent to an activating group) is 1. The van der Waals surface area contributed by atoms with Gasteiger partial charge in [-0.2, -0.15) is 0 Å². The molecule has 0 saturated carbocycles. The summed E-state index contributed by atoms with van der Waals surface area (Å²) in [6, 6.07) is 7.72. The van der Waals surface area contributed by atoms with E-state index in [1.807, 2.05) is 24.3 Å². The van der Waals surface area contributed by atoms with E-state index in [1.54, 1.807) is 0 Å². The van der Waals surface area contributed by atoms with Gasteiger partial charge in [-0.1, -0.05) is 18.2 Å². The van der Waals surface area contributed by atoms with E-state index in [0.717, 1.165) is 17.9 Å². The maximum Gasteiger partial charge on any atom is 0.220 e. The number of rotatable bonds is 10. The molecule has 1 amide bonds. The molecule has 0 spiro atoms. The lowest BCUT2D eigenvalue weighted by molar-refractivity contribution is -0.858. The van der Waals surface area contributed by atoms with Gasteiger partial charge < -0.3 is 24.9 Å². The van der Waals surface area contributed by atoms with E-state index in [4.69, 9.17) is 4.74 Å². The first kappa shape index (κ1) is 18.0. The van der Waals surface area contributed by atoms with Crippen molar-refractivity contribution in [2.45, 2.75) is 19.3 Å². The number of ether oxygens (including phenoxy) is 1. The molecule has 0 fully saturated rings. The summed E-state index contributed by atoms with van der Waals surface area (Å²) >= 11 is 0. The molecule has 2 N–H and O–H groups in total. The minimum Gasteiger partial charge on any atom is -0.550 e. The van der Waals surface area contributed by atoms with E-state index in [-0.39, 0.29) is 18.7 Å². The first-order valence-electron chi connectivity index (χ1n) is 7.45. The Hall–Kier alpha value is -2.08. The summed E-state index contributed by atoms with van der Waals surface area (Å²) < 4.78 is 5.76. The molecule has 1 rings (SSSR count). The van der Waals surface area contributed by atoms with Crippen LogP contribution in [0, 0.1) is 0 Å². The third kappa shape index (κ3) is 7.64. The van der Waals surface area contributed by atoms with Gasteiger partial charge in [0.05, 0.1) is 14.1 Å². The second-order valence-corrected chi connectivity index (χ2v) is 5.39. The number of quaternary nitrogens is 1. The lowest BCUT2D eigenvalue weighted by Crippen LogP contribution is -3.06. The molecule has 1 aromatic carbocycles. The highest BCUT2D eigenvalue weighted by atomic mass is 16.5. The first-order valence-corrected chi connectivity index (χ1v) is 7.45. The van der Waals surface area contributed by atoms with Crippen LogP contribution in [0.15, 0.2) is 24.3 Å². The normalized spacial score (nSPS) is 10.5. The largest absolute Gasteiger partial charge is 0.550 e. The average molecular weight is 308 g/mol. The number of amides is 1. The number of carboxylic acid groups (broad SMARTS) is 1. The Labute approximate surface area is 131 Å². The topological polar surface area (TPSA) is 82.9 Å². The van der Waals surface area contributed by atoms with Crippen LogP contribution in [-0.2, 0) is 16.0 Å². The highest BCUT2D eigenvalue weighted by Gasteiger charge is 2.05. The molecule has 0 bridgehead atoms. The smallest absolute Gasteiger partial charge is 0.220 e. The summed E-state index contributed by atoms with van der Waals surface area (Å²) in [5, 5.41) is 13.0. The van der Waals surface area contributed by atoms with Gasteiger partial charge in [-0.25, -0.2) is 0 Å². The van der Waals surface area contributed by atoms with Crippen LogP contribution in [0.2, 0.25) is 0 Å². The highest BCUT2D eigenvalue weighted by molar-refractivity contribution is 5.79. The van der Waals surface area contributed by atoms with Gasteiger partial charge in [0.1, 0.15) is 18.9 Å². The summed E-state index contributed by atoms with van der Waals surface area (Å²) in [6.45, 7) is 2.00. The number of hydrogen-bond donors (Lipinski definition) is 2. The molecule has 0 aliphatic carbocycles. The molecule has 0 radical (unpaired) electrons. The maximum atomic E-state index is 11.4. The molecule has 0 aliphatic heterocycles. The molecule has 0 aromatic heterocycles. The minimum atomic E-state index is -1.21. The van der Waals surface area contributed by atoms with E-state index < -0.39 is 5.97 Å². The van der Waals surface area contributed by atoms with Gasteiger partial charge in [0, 0.05) is 18.9 Å². The number of carbonyl (C=O) groups is 2. The fourth-order valence-corrected chi connectivity index (χ4v) is 1.86. The van der Waals surface area contributed by atoms with Crippen molar-refractivity contribution in [1.82, 2.24) is 5.32 Å². The summed E-state index contributed by atoms with van der Waals surface area (Å²) in [7, 11) is 4.13. The van der Waals surface area contributed by atoms with Crippen LogP contribution in [-0.4, -0.2) is 45.7 Å². The molecule has 122 valence electrons. The second-order valence-electron chi connectivity index (χ2n) is 5.39. The zero-order chi connectivity index (χ0) is 16.4. The van der Waals surface area contributed by atoms with Gasteiger partial charge in [0.15, 0.2) is 0 Å². The van der Waals surface area contributed by atoms with Crippen LogP contribution in [0.1, 0.15) is 18.4 Å². The summed E-state index contributed by atoms with van der Waals surface area (Å²) in [5.74, 6) is -0.663. The van der Waals surface area contributed by atoms with Crippen LogP contribution in [0.5, 0.6) is 5.75 Å². The quantitative estimate of drug-likeness (QED) is 0.545. The van der Waals surface area contributed by atoms with Crippen LogP contribution in [0.3, 0.4) is 0 Å². The third-order valence-corrected chi connectivity index (χ3v) is 3.10. The molecule has 1 aromatic rings. The Morgan fingerprint density at radius 2 is 1.95 bits per heavy atom. The Kier molecular flexibility index (Phi) is 7.99. The van der Waals surface area contributed by atoms with E-state index in [0.29, 0.717) is 19.6 Å². The fourth-order valence-electron chi connectivity index (χ4n) is 1.86. The summed E-state index contributed by atoms with van der Waals surface area (Å²) in [4.78, 5) is 23.0. The molecular weight excluding hydrogens is 284 g/mol. The van der Waals surface area contributed by atoms with Gasteiger partial charge >= 0.3 is 0 Å². The van der Waals surface area contributed by atoms with Crippen molar-refractivity contribution >= 4 is 11.9 Å². The third-order valence-electron chi connectivity index (χ3n) is 3.10. The van der Waals surface area contributed by atoms with E-state index >= 15 is 0 Å². The number of hydrogen-bond acceptors (Lipinski definition) is 4. The number of carbonyl (C=O) groups excluding carboxylic acids is 2. The Bertz CT molecular complexity index is 489. The van der Waals surface area contributed by atoms with Crippen LogP contribution < -0.4 is 20.1 Å². The zero-order valence-corrected chi connectivity index (χ0v) is 13.2. The fraction of sp³-hybridized carbons (Fsp3) is 0.500. The zero-order valence-electron chi connectivity index (χ0n) is 13.2. The van der Waals surface area contributed by atoms with Gasteiger partial charge in [0.25, 0.3) is 0 Å². The molecule has 0 heterocycles. The van der Waals surface area contributed by atoms with Crippen molar-refractivity contribution in [1.29, 1.82) is 0 Å². The summed E-state index contributed by atoms with van der Waals surface area (Å²) in [5.41, 5.74) is 1.02.